The molecular weight excluding hydrogens is 447 g/mol. The third-order valence-corrected chi connectivity index (χ3v) is 4.54. The molecule has 158 valence electrons. The number of nitrogens with zero attached hydrogens (tertiary/aromatic N) is 3. The van der Waals surface area contributed by atoms with E-state index in [0.717, 1.165) is 17.7 Å². The van der Waals surface area contributed by atoms with Gasteiger partial charge in [0.2, 0.25) is 0 Å². The molecule has 0 aliphatic heterocycles. The van der Waals surface area contributed by atoms with E-state index < -0.39 is 21.2 Å². The number of nitrogens with one attached hydrogen (secondary N) is 1. The van der Waals surface area contributed by atoms with Crippen LogP contribution in [0.3, 0.4) is 0 Å². The fraction of sp³-hybridized carbons (Fsp3) is 0.0500. The highest BCUT2D eigenvalue weighted by Crippen LogP contribution is 2.33. The van der Waals surface area contributed by atoms with Crippen LogP contribution in [0.25, 0.3) is 0 Å². The Labute approximate surface area is 186 Å². The van der Waals surface area contributed by atoms with Crippen LogP contribution in [0.15, 0.2) is 65.8 Å². The monoisotopic (exact) mass is 460 g/mol. The lowest BCUT2D eigenvalue weighted by atomic mass is 10.2. The molecular formula is C20H14Cl2N4O5. The molecule has 0 unspecified atom stereocenters. The van der Waals surface area contributed by atoms with Crippen LogP contribution in [0.2, 0.25) is 10.0 Å². The summed E-state index contributed by atoms with van der Waals surface area (Å²) in [7, 11) is 0. The quantitative estimate of drug-likeness (QED) is 0.256. The number of rotatable bonds is 8. The Balaban J connectivity index is 1.84. The van der Waals surface area contributed by atoms with Crippen molar-refractivity contribution in [3.8, 4) is 5.75 Å². The Hall–Kier alpha value is -3.69. The largest absolute Gasteiger partial charge is 0.487 e. The van der Waals surface area contributed by atoms with Gasteiger partial charge in [-0.3, -0.25) is 25.7 Å². The van der Waals surface area contributed by atoms with E-state index in [0.29, 0.717) is 16.3 Å². The van der Waals surface area contributed by atoms with E-state index in [9.17, 15) is 20.2 Å². The van der Waals surface area contributed by atoms with E-state index in [1.165, 1.54) is 18.3 Å². The maximum absolute atomic E-state index is 11.2. The van der Waals surface area contributed by atoms with Crippen molar-refractivity contribution >= 4 is 46.5 Å². The zero-order chi connectivity index (χ0) is 22.4. The predicted molar refractivity (Wildman–Crippen MR) is 118 cm³/mol. The maximum atomic E-state index is 11.2. The summed E-state index contributed by atoms with van der Waals surface area (Å²) >= 11 is 12.3. The first-order valence-electron chi connectivity index (χ1n) is 8.73. The first-order valence-corrected chi connectivity index (χ1v) is 9.48. The molecule has 0 heterocycles. The number of nitro groups is 2. The number of non-ortho nitro benzene ring substituents is 1. The fourth-order valence-corrected chi connectivity index (χ4v) is 3.17. The molecule has 31 heavy (non-hydrogen) atoms. The highest BCUT2D eigenvalue weighted by Gasteiger charge is 2.19. The molecule has 0 atom stereocenters. The number of ether oxygens (including phenoxy) is 1. The van der Waals surface area contributed by atoms with E-state index in [-0.39, 0.29) is 17.3 Å². The van der Waals surface area contributed by atoms with Crippen molar-refractivity contribution < 1.29 is 14.6 Å². The first kappa shape index (κ1) is 22.0. The van der Waals surface area contributed by atoms with Crippen LogP contribution in [0.5, 0.6) is 5.75 Å². The zero-order valence-electron chi connectivity index (χ0n) is 15.7. The standard InChI is InChI=1S/C20H14Cl2N4O5/c21-15-8-14(20(17(22)9-15)31-12-13-4-2-1-3-5-13)11-23-24-18-7-6-16(25(27)28)10-19(18)26(29)30/h1-11,24H,12H2/b23-11-. The summed E-state index contributed by atoms with van der Waals surface area (Å²) in [6.45, 7) is 0.254. The molecule has 0 spiro atoms. The van der Waals surface area contributed by atoms with Crippen molar-refractivity contribution in [2.24, 2.45) is 5.10 Å². The van der Waals surface area contributed by atoms with Gasteiger partial charge in [0.15, 0.2) is 0 Å². The summed E-state index contributed by atoms with van der Waals surface area (Å²) in [5.74, 6) is 0.332. The van der Waals surface area contributed by atoms with Crippen molar-refractivity contribution in [2.45, 2.75) is 6.61 Å². The summed E-state index contributed by atoms with van der Waals surface area (Å²) < 4.78 is 5.82. The molecule has 11 heteroatoms. The molecule has 0 saturated carbocycles. The van der Waals surface area contributed by atoms with Gasteiger partial charge in [-0.05, 0) is 23.8 Å². The van der Waals surface area contributed by atoms with Crippen LogP contribution in [0.1, 0.15) is 11.1 Å². The van der Waals surface area contributed by atoms with Crippen molar-refractivity contribution in [3.05, 3.63) is 102 Å². The number of anilines is 1. The van der Waals surface area contributed by atoms with Gasteiger partial charge in [0.1, 0.15) is 18.0 Å². The molecule has 0 amide bonds. The topological polar surface area (TPSA) is 120 Å². The Kier molecular flexibility index (Phi) is 7.01. The summed E-state index contributed by atoms with van der Waals surface area (Å²) in [5.41, 5.74) is 2.96. The Morgan fingerprint density at radius 3 is 2.42 bits per heavy atom. The zero-order valence-corrected chi connectivity index (χ0v) is 17.2. The Morgan fingerprint density at radius 2 is 1.74 bits per heavy atom. The van der Waals surface area contributed by atoms with Crippen LogP contribution < -0.4 is 10.2 Å². The second-order valence-electron chi connectivity index (χ2n) is 6.17. The normalized spacial score (nSPS) is 10.8. The molecule has 3 rings (SSSR count). The Morgan fingerprint density at radius 1 is 1.00 bits per heavy atom. The third kappa shape index (κ3) is 5.68. The molecule has 0 fully saturated rings. The lowest BCUT2D eigenvalue weighted by Gasteiger charge is -2.12. The van der Waals surface area contributed by atoms with Crippen molar-refractivity contribution in [2.75, 3.05) is 5.43 Å². The summed E-state index contributed by atoms with van der Waals surface area (Å²) in [6.07, 6.45) is 1.34. The lowest BCUT2D eigenvalue weighted by Crippen LogP contribution is -2.01. The van der Waals surface area contributed by atoms with Gasteiger partial charge in [0.25, 0.3) is 5.69 Å². The van der Waals surface area contributed by atoms with Crippen LogP contribution in [-0.4, -0.2) is 16.1 Å². The van der Waals surface area contributed by atoms with E-state index >= 15 is 0 Å². The molecule has 0 bridgehead atoms. The molecule has 1 N–H and O–H groups in total. The number of hydrogen-bond acceptors (Lipinski definition) is 7. The van der Waals surface area contributed by atoms with Crippen molar-refractivity contribution in [1.29, 1.82) is 0 Å². The van der Waals surface area contributed by atoms with Gasteiger partial charge >= 0.3 is 5.69 Å². The van der Waals surface area contributed by atoms with E-state index in [1.807, 2.05) is 30.3 Å². The van der Waals surface area contributed by atoms with Gasteiger partial charge in [-0.2, -0.15) is 5.10 Å². The highest BCUT2D eigenvalue weighted by atomic mass is 35.5. The number of benzene rings is 3. The summed E-state index contributed by atoms with van der Waals surface area (Å²) in [5, 5.41) is 26.7. The Bertz CT molecular complexity index is 1160. The minimum Gasteiger partial charge on any atom is -0.487 e. The second kappa shape index (κ2) is 9.88. The average molecular weight is 461 g/mol. The molecule has 0 radical (unpaired) electrons. The van der Waals surface area contributed by atoms with Crippen LogP contribution in [0.4, 0.5) is 17.1 Å². The van der Waals surface area contributed by atoms with Gasteiger partial charge in [-0.25, -0.2) is 0 Å². The molecule has 0 saturated heterocycles. The van der Waals surface area contributed by atoms with Gasteiger partial charge in [0, 0.05) is 16.7 Å². The highest BCUT2D eigenvalue weighted by molar-refractivity contribution is 6.36. The fourth-order valence-electron chi connectivity index (χ4n) is 2.61. The lowest BCUT2D eigenvalue weighted by molar-refractivity contribution is -0.393. The second-order valence-corrected chi connectivity index (χ2v) is 7.01. The van der Waals surface area contributed by atoms with Crippen LogP contribution in [-0.2, 0) is 6.61 Å². The number of hydrazone groups is 1. The minimum atomic E-state index is -0.741. The minimum absolute atomic E-state index is 0.0215. The summed E-state index contributed by atoms with van der Waals surface area (Å²) in [4.78, 5) is 20.6. The van der Waals surface area contributed by atoms with Crippen LogP contribution >= 0.6 is 23.2 Å². The SMILES string of the molecule is O=[N+]([O-])c1ccc(N/N=C\c2cc(Cl)cc(Cl)c2OCc2ccccc2)c([N+](=O)[O-])c1. The molecule has 0 aliphatic carbocycles. The van der Waals surface area contributed by atoms with E-state index in [1.54, 1.807) is 6.07 Å². The molecule has 0 aromatic heterocycles. The van der Waals surface area contributed by atoms with Gasteiger partial charge in [-0.15, -0.1) is 0 Å². The molecule has 9 nitrogen and oxygen atoms in total. The predicted octanol–water partition coefficient (Wildman–Crippen LogP) is 5.83. The molecule has 0 aliphatic rings. The maximum Gasteiger partial charge on any atom is 0.301 e. The number of hydrogen-bond donors (Lipinski definition) is 1. The van der Waals surface area contributed by atoms with Gasteiger partial charge in [-0.1, -0.05) is 53.5 Å². The average Bonchev–Trinajstić information content (AvgIpc) is 2.73. The molecule has 3 aromatic rings. The number of halogens is 2. The van der Waals surface area contributed by atoms with Crippen molar-refractivity contribution in [3.63, 3.8) is 0 Å². The first-order chi connectivity index (χ1) is 14.8. The van der Waals surface area contributed by atoms with Crippen molar-refractivity contribution in [1.82, 2.24) is 0 Å². The van der Waals surface area contributed by atoms with Gasteiger partial charge in [0.05, 0.1) is 27.2 Å². The molecule has 3 aromatic carbocycles. The van der Waals surface area contributed by atoms with Gasteiger partial charge < -0.3 is 4.74 Å². The van der Waals surface area contributed by atoms with E-state index in [2.05, 4.69) is 10.5 Å². The third-order valence-electron chi connectivity index (χ3n) is 4.04. The van der Waals surface area contributed by atoms with Crippen LogP contribution in [0, 0.1) is 20.2 Å². The van der Waals surface area contributed by atoms with E-state index in [4.69, 9.17) is 27.9 Å². The summed E-state index contributed by atoms with van der Waals surface area (Å²) in [6, 6.07) is 15.7. The smallest absolute Gasteiger partial charge is 0.301 e. The number of nitro benzene ring substituents is 2.